The van der Waals surface area contributed by atoms with Crippen molar-refractivity contribution in [2.45, 2.75) is 43.7 Å². The normalized spacial score (nSPS) is 24.0. The van der Waals surface area contributed by atoms with Crippen LogP contribution in [0.2, 0.25) is 0 Å². The molecule has 1 aromatic rings. The SMILES string of the molecule is CC(C)Oc1ccc(C(O)CNC(=O)C2(C)CC2(Cl)Cl)cc1. The molecule has 1 aliphatic rings. The molecule has 1 fully saturated rings. The Morgan fingerprint density at radius 2 is 1.91 bits per heavy atom. The van der Waals surface area contributed by atoms with E-state index in [1.807, 2.05) is 13.8 Å². The standard InChI is InChI=1S/C16H21Cl2NO3/c1-10(2)22-12-6-4-11(5-7-12)13(20)8-19-14(21)15(3)9-16(15,17)18/h4-7,10,13,20H,8-9H2,1-3H3,(H,19,21). The van der Waals surface area contributed by atoms with Crippen molar-refractivity contribution >= 4 is 29.1 Å². The highest BCUT2D eigenvalue weighted by atomic mass is 35.5. The van der Waals surface area contributed by atoms with Crippen molar-refractivity contribution in [3.05, 3.63) is 29.8 Å². The van der Waals surface area contributed by atoms with Gasteiger partial charge >= 0.3 is 0 Å². The number of rotatable bonds is 6. The molecule has 122 valence electrons. The van der Waals surface area contributed by atoms with Gasteiger partial charge in [0.1, 0.15) is 10.1 Å². The number of aliphatic hydroxyl groups is 1. The van der Waals surface area contributed by atoms with Crippen LogP contribution in [-0.4, -0.2) is 28.0 Å². The third-order valence-electron chi connectivity index (χ3n) is 3.85. The molecule has 0 radical (unpaired) electrons. The van der Waals surface area contributed by atoms with Crippen LogP contribution in [0.1, 0.15) is 38.9 Å². The molecule has 4 nitrogen and oxygen atoms in total. The topological polar surface area (TPSA) is 58.6 Å². The second-order valence-corrected chi connectivity index (χ2v) is 7.66. The van der Waals surface area contributed by atoms with Gasteiger partial charge in [-0.1, -0.05) is 12.1 Å². The van der Waals surface area contributed by atoms with Gasteiger partial charge in [0.05, 0.1) is 17.6 Å². The predicted molar refractivity (Wildman–Crippen MR) is 87.3 cm³/mol. The zero-order chi connectivity index (χ0) is 16.5. The number of amides is 1. The summed E-state index contributed by atoms with van der Waals surface area (Å²) in [5, 5.41) is 12.8. The Morgan fingerprint density at radius 1 is 1.36 bits per heavy atom. The quantitative estimate of drug-likeness (QED) is 0.778. The maximum Gasteiger partial charge on any atom is 0.229 e. The number of halogens is 2. The lowest BCUT2D eigenvalue weighted by molar-refractivity contribution is -0.126. The number of carbonyl (C=O) groups excluding carboxylic acids is 1. The minimum absolute atomic E-state index is 0.0979. The first-order valence-electron chi connectivity index (χ1n) is 7.26. The number of benzene rings is 1. The first-order chi connectivity index (χ1) is 10.2. The molecule has 0 bridgehead atoms. The highest BCUT2D eigenvalue weighted by Crippen LogP contribution is 2.63. The van der Waals surface area contributed by atoms with E-state index in [9.17, 15) is 9.90 Å². The second-order valence-electron chi connectivity index (χ2n) is 6.17. The molecule has 6 heteroatoms. The Hall–Kier alpha value is -0.970. The molecule has 1 aliphatic carbocycles. The second kappa shape index (κ2) is 6.26. The van der Waals surface area contributed by atoms with Gasteiger partial charge in [0.25, 0.3) is 0 Å². The molecule has 0 spiro atoms. The summed E-state index contributed by atoms with van der Waals surface area (Å²) in [6.45, 7) is 5.73. The van der Waals surface area contributed by atoms with E-state index < -0.39 is 15.9 Å². The smallest absolute Gasteiger partial charge is 0.229 e. The fourth-order valence-electron chi connectivity index (χ4n) is 2.19. The lowest BCUT2D eigenvalue weighted by Crippen LogP contribution is -2.36. The fraction of sp³-hybridized carbons (Fsp3) is 0.562. The minimum atomic E-state index is -1.00. The highest BCUT2D eigenvalue weighted by Gasteiger charge is 2.67. The number of nitrogens with one attached hydrogen (secondary N) is 1. The van der Waals surface area contributed by atoms with Crippen molar-refractivity contribution < 1.29 is 14.6 Å². The van der Waals surface area contributed by atoms with Gasteiger partial charge in [0, 0.05) is 6.54 Å². The van der Waals surface area contributed by atoms with E-state index in [4.69, 9.17) is 27.9 Å². The Morgan fingerprint density at radius 3 is 2.36 bits per heavy atom. The van der Waals surface area contributed by atoms with Crippen molar-refractivity contribution in [2.75, 3.05) is 6.54 Å². The van der Waals surface area contributed by atoms with Crippen LogP contribution in [0.4, 0.5) is 0 Å². The van der Waals surface area contributed by atoms with Crippen molar-refractivity contribution in [1.29, 1.82) is 0 Å². The van der Waals surface area contributed by atoms with Crippen LogP contribution in [0.5, 0.6) is 5.75 Å². The summed E-state index contributed by atoms with van der Waals surface area (Å²) in [5.41, 5.74) is -0.0644. The first kappa shape index (κ1) is 17.4. The van der Waals surface area contributed by atoms with Gasteiger partial charge in [-0.3, -0.25) is 4.79 Å². The molecule has 0 heterocycles. The van der Waals surface area contributed by atoms with Crippen molar-refractivity contribution in [1.82, 2.24) is 5.32 Å². The van der Waals surface area contributed by atoms with Gasteiger partial charge in [-0.15, -0.1) is 23.2 Å². The summed E-state index contributed by atoms with van der Waals surface area (Å²) in [7, 11) is 0. The number of hydrogen-bond donors (Lipinski definition) is 2. The van der Waals surface area contributed by atoms with Crippen LogP contribution in [0.3, 0.4) is 0 Å². The number of ether oxygens (including phenoxy) is 1. The van der Waals surface area contributed by atoms with Crippen LogP contribution >= 0.6 is 23.2 Å². The molecule has 0 aliphatic heterocycles. The first-order valence-corrected chi connectivity index (χ1v) is 8.02. The maximum absolute atomic E-state index is 12.0. The lowest BCUT2D eigenvalue weighted by atomic mass is 10.1. The lowest BCUT2D eigenvalue weighted by Gasteiger charge is -2.16. The Balaban J connectivity index is 1.87. The van der Waals surface area contributed by atoms with Crippen LogP contribution in [0, 0.1) is 5.41 Å². The number of alkyl halides is 2. The maximum atomic E-state index is 12.0. The third kappa shape index (κ3) is 3.67. The zero-order valence-corrected chi connectivity index (χ0v) is 14.4. The van der Waals surface area contributed by atoms with Crippen molar-refractivity contribution in [2.24, 2.45) is 5.41 Å². The fourth-order valence-corrected chi connectivity index (χ4v) is 2.90. The molecular weight excluding hydrogens is 325 g/mol. The summed E-state index contributed by atoms with van der Waals surface area (Å²) in [6.07, 6.45) is -0.271. The predicted octanol–water partition coefficient (Wildman–Crippen LogP) is 3.21. The molecule has 2 atom stereocenters. The van der Waals surface area contributed by atoms with Crippen molar-refractivity contribution in [3.8, 4) is 5.75 Å². The summed E-state index contributed by atoms with van der Waals surface area (Å²) in [6, 6.07) is 7.15. The van der Waals surface area contributed by atoms with E-state index in [0.29, 0.717) is 12.0 Å². The minimum Gasteiger partial charge on any atom is -0.491 e. The number of hydrogen-bond acceptors (Lipinski definition) is 3. The molecule has 1 aromatic carbocycles. The summed E-state index contributed by atoms with van der Waals surface area (Å²) in [4.78, 5) is 12.0. The van der Waals surface area contributed by atoms with E-state index in [1.165, 1.54) is 0 Å². The third-order valence-corrected chi connectivity index (χ3v) is 4.95. The van der Waals surface area contributed by atoms with Gasteiger partial charge in [0.2, 0.25) is 5.91 Å². The van der Waals surface area contributed by atoms with Crippen LogP contribution in [-0.2, 0) is 4.79 Å². The zero-order valence-electron chi connectivity index (χ0n) is 12.9. The van der Waals surface area contributed by atoms with Gasteiger partial charge in [-0.25, -0.2) is 0 Å². The highest BCUT2D eigenvalue weighted by molar-refractivity contribution is 6.53. The van der Waals surface area contributed by atoms with E-state index in [2.05, 4.69) is 5.32 Å². The van der Waals surface area contributed by atoms with Crippen LogP contribution < -0.4 is 10.1 Å². The molecule has 22 heavy (non-hydrogen) atoms. The number of aliphatic hydroxyl groups excluding tert-OH is 1. The van der Waals surface area contributed by atoms with E-state index in [-0.39, 0.29) is 18.6 Å². The molecule has 0 saturated heterocycles. The molecule has 1 saturated carbocycles. The molecule has 0 aromatic heterocycles. The Kier molecular flexibility index (Phi) is 4.95. The average Bonchev–Trinajstić information content (AvgIpc) is 2.96. The van der Waals surface area contributed by atoms with Crippen LogP contribution in [0.25, 0.3) is 0 Å². The average molecular weight is 346 g/mol. The summed E-state index contributed by atoms with van der Waals surface area (Å²) in [5.74, 6) is 0.505. The van der Waals surface area contributed by atoms with Crippen molar-refractivity contribution in [3.63, 3.8) is 0 Å². The summed E-state index contributed by atoms with van der Waals surface area (Å²) >= 11 is 11.9. The molecule has 2 rings (SSSR count). The van der Waals surface area contributed by atoms with E-state index in [0.717, 1.165) is 5.75 Å². The Labute approximate surface area is 140 Å². The molecule has 2 N–H and O–H groups in total. The molecule has 1 amide bonds. The number of carbonyl (C=O) groups is 1. The van der Waals surface area contributed by atoms with Gasteiger partial charge < -0.3 is 15.2 Å². The van der Waals surface area contributed by atoms with Crippen LogP contribution in [0.15, 0.2) is 24.3 Å². The van der Waals surface area contributed by atoms with E-state index in [1.54, 1.807) is 31.2 Å². The monoisotopic (exact) mass is 345 g/mol. The van der Waals surface area contributed by atoms with Gasteiger partial charge in [-0.2, -0.15) is 0 Å². The molecular formula is C16H21Cl2NO3. The summed E-state index contributed by atoms with van der Waals surface area (Å²) < 4.78 is 4.54. The van der Waals surface area contributed by atoms with Gasteiger partial charge in [-0.05, 0) is 44.9 Å². The largest absolute Gasteiger partial charge is 0.491 e. The van der Waals surface area contributed by atoms with Gasteiger partial charge in [0.15, 0.2) is 0 Å². The Bertz CT molecular complexity index is 545. The molecule has 2 unspecified atom stereocenters. The van der Waals surface area contributed by atoms with E-state index >= 15 is 0 Å².